The van der Waals surface area contributed by atoms with E-state index in [1.165, 1.54) is 16.1 Å². The summed E-state index contributed by atoms with van der Waals surface area (Å²) in [5.74, 6) is 0.692. The van der Waals surface area contributed by atoms with Crippen LogP contribution in [0.4, 0.5) is 5.13 Å². The molecular weight excluding hydrogens is 344 g/mol. The van der Waals surface area contributed by atoms with E-state index in [9.17, 15) is 4.79 Å². The van der Waals surface area contributed by atoms with E-state index < -0.39 is 0 Å². The lowest BCUT2D eigenvalue weighted by Gasteiger charge is -2.33. The first-order chi connectivity index (χ1) is 12.6. The van der Waals surface area contributed by atoms with Crippen LogP contribution >= 0.6 is 11.3 Å². The summed E-state index contributed by atoms with van der Waals surface area (Å²) in [6.07, 6.45) is 3.16. The van der Waals surface area contributed by atoms with Gasteiger partial charge in [-0.15, -0.1) is 11.3 Å². The Morgan fingerprint density at radius 3 is 2.92 bits per heavy atom. The number of hydrogen-bond acceptors (Lipinski definition) is 5. The number of aromatic nitrogens is 1. The first-order valence-electron chi connectivity index (χ1n) is 9.35. The van der Waals surface area contributed by atoms with Crippen molar-refractivity contribution in [1.82, 2.24) is 15.2 Å². The third-order valence-electron chi connectivity index (χ3n) is 5.61. The van der Waals surface area contributed by atoms with Crippen molar-refractivity contribution < 1.29 is 4.79 Å². The lowest BCUT2D eigenvalue weighted by atomic mass is 9.85. The number of nitrogens with one attached hydrogen (secondary N) is 1. The number of carbonyl (C=O) groups excluding carboxylic acids is 1. The number of likely N-dealkylation sites (N-methyl/N-ethyl adjacent to an activating group) is 2. The van der Waals surface area contributed by atoms with Crippen molar-refractivity contribution in [3.63, 3.8) is 0 Å². The minimum atomic E-state index is -0.105. The molecule has 1 fully saturated rings. The maximum Gasteiger partial charge on any atom is 0.247 e. The Labute approximate surface area is 159 Å². The SMILES string of the molecule is CN(C(=O)C1CNCCN1C)c1nc2c(s1)CC(c1ccccc1)CC2. The number of nitrogens with zero attached hydrogens (tertiary/aromatic N) is 3. The maximum absolute atomic E-state index is 12.9. The number of carbonyl (C=O) groups is 1. The molecule has 1 aliphatic carbocycles. The Morgan fingerprint density at radius 2 is 2.15 bits per heavy atom. The van der Waals surface area contributed by atoms with Gasteiger partial charge in [0.2, 0.25) is 5.91 Å². The first-order valence-corrected chi connectivity index (χ1v) is 10.2. The smallest absolute Gasteiger partial charge is 0.247 e. The van der Waals surface area contributed by atoms with Crippen molar-refractivity contribution in [2.24, 2.45) is 0 Å². The molecule has 1 aromatic heterocycles. The van der Waals surface area contributed by atoms with Gasteiger partial charge in [-0.3, -0.25) is 14.6 Å². The molecule has 2 aliphatic rings. The fraction of sp³-hybridized carbons (Fsp3) is 0.500. The fourth-order valence-corrected chi connectivity index (χ4v) is 5.07. The lowest BCUT2D eigenvalue weighted by molar-refractivity contribution is -0.123. The molecule has 2 aromatic rings. The zero-order valence-electron chi connectivity index (χ0n) is 15.4. The number of anilines is 1. The molecule has 2 atom stereocenters. The Hall–Kier alpha value is -1.76. The van der Waals surface area contributed by atoms with Gasteiger partial charge in [-0.25, -0.2) is 4.98 Å². The molecule has 1 amide bonds. The number of fused-ring (bicyclic) bond motifs is 1. The van der Waals surface area contributed by atoms with Crippen molar-refractivity contribution in [2.75, 3.05) is 38.6 Å². The van der Waals surface area contributed by atoms with Gasteiger partial charge in [0.1, 0.15) is 6.04 Å². The van der Waals surface area contributed by atoms with Gasteiger partial charge in [0.05, 0.1) is 5.69 Å². The van der Waals surface area contributed by atoms with E-state index >= 15 is 0 Å². The average Bonchev–Trinajstić information content (AvgIpc) is 3.11. The normalized spacial score (nSPS) is 23.5. The van der Waals surface area contributed by atoms with Gasteiger partial charge in [-0.05, 0) is 37.8 Å². The summed E-state index contributed by atoms with van der Waals surface area (Å²) in [6, 6.07) is 10.6. The lowest BCUT2D eigenvalue weighted by Crippen LogP contribution is -2.56. The van der Waals surface area contributed by atoms with Crippen LogP contribution in [0.5, 0.6) is 0 Å². The van der Waals surface area contributed by atoms with Crippen LogP contribution in [0.15, 0.2) is 30.3 Å². The Bertz CT molecular complexity index is 775. The number of rotatable bonds is 3. The highest BCUT2D eigenvalue weighted by atomic mass is 32.1. The van der Waals surface area contributed by atoms with Crippen LogP contribution in [-0.2, 0) is 17.6 Å². The molecule has 1 N–H and O–H groups in total. The van der Waals surface area contributed by atoms with Crippen LogP contribution in [0.2, 0.25) is 0 Å². The minimum Gasteiger partial charge on any atom is -0.313 e. The summed E-state index contributed by atoms with van der Waals surface area (Å²) < 4.78 is 0. The summed E-state index contributed by atoms with van der Waals surface area (Å²) >= 11 is 1.69. The van der Waals surface area contributed by atoms with Crippen molar-refractivity contribution in [1.29, 1.82) is 0 Å². The van der Waals surface area contributed by atoms with Gasteiger partial charge in [0.25, 0.3) is 0 Å². The third-order valence-corrected chi connectivity index (χ3v) is 6.81. The number of piperazine rings is 1. The van der Waals surface area contributed by atoms with Crippen LogP contribution in [0.3, 0.4) is 0 Å². The second-order valence-electron chi connectivity index (χ2n) is 7.31. The Kier molecular flexibility index (Phi) is 5.07. The van der Waals surface area contributed by atoms with Crippen molar-refractivity contribution in [3.05, 3.63) is 46.5 Å². The van der Waals surface area contributed by atoms with Crippen LogP contribution in [0.25, 0.3) is 0 Å². The van der Waals surface area contributed by atoms with Crippen molar-refractivity contribution in [2.45, 2.75) is 31.2 Å². The van der Waals surface area contributed by atoms with Gasteiger partial charge in [0.15, 0.2) is 5.13 Å². The molecule has 4 rings (SSSR count). The molecule has 0 bridgehead atoms. The molecule has 0 spiro atoms. The van der Waals surface area contributed by atoms with E-state index in [0.717, 1.165) is 37.5 Å². The molecule has 0 radical (unpaired) electrons. The van der Waals surface area contributed by atoms with Crippen LogP contribution in [0, 0.1) is 0 Å². The number of hydrogen-bond donors (Lipinski definition) is 1. The van der Waals surface area contributed by atoms with Gasteiger partial charge in [0, 0.05) is 31.6 Å². The highest BCUT2D eigenvalue weighted by Crippen LogP contribution is 2.37. The molecule has 0 saturated carbocycles. The highest BCUT2D eigenvalue weighted by molar-refractivity contribution is 7.16. The second kappa shape index (κ2) is 7.47. The number of amides is 1. The quantitative estimate of drug-likeness (QED) is 0.901. The second-order valence-corrected chi connectivity index (χ2v) is 8.38. The van der Waals surface area contributed by atoms with Gasteiger partial charge in [-0.1, -0.05) is 30.3 Å². The molecule has 138 valence electrons. The zero-order valence-corrected chi connectivity index (χ0v) is 16.3. The topological polar surface area (TPSA) is 48.5 Å². The molecule has 6 heteroatoms. The van der Waals surface area contributed by atoms with E-state index in [4.69, 9.17) is 4.98 Å². The third kappa shape index (κ3) is 3.41. The maximum atomic E-state index is 12.9. The van der Waals surface area contributed by atoms with E-state index in [-0.39, 0.29) is 11.9 Å². The number of thiazole rings is 1. The zero-order chi connectivity index (χ0) is 18.1. The van der Waals surface area contributed by atoms with Gasteiger partial charge < -0.3 is 5.32 Å². The molecule has 1 aliphatic heterocycles. The predicted molar refractivity (Wildman–Crippen MR) is 106 cm³/mol. The van der Waals surface area contributed by atoms with Crippen molar-refractivity contribution >= 4 is 22.4 Å². The van der Waals surface area contributed by atoms with E-state index in [1.807, 2.05) is 14.1 Å². The number of aryl methyl sites for hydroxylation is 1. The Morgan fingerprint density at radius 1 is 1.35 bits per heavy atom. The van der Waals surface area contributed by atoms with Gasteiger partial charge in [-0.2, -0.15) is 0 Å². The molecule has 26 heavy (non-hydrogen) atoms. The summed E-state index contributed by atoms with van der Waals surface area (Å²) in [5, 5.41) is 4.16. The summed E-state index contributed by atoms with van der Waals surface area (Å²) in [7, 11) is 3.89. The molecule has 2 unspecified atom stereocenters. The Balaban J connectivity index is 1.50. The molecule has 1 saturated heterocycles. The van der Waals surface area contributed by atoms with Crippen LogP contribution in [-0.4, -0.2) is 55.6 Å². The van der Waals surface area contributed by atoms with Crippen molar-refractivity contribution in [3.8, 4) is 0 Å². The molecule has 1 aromatic carbocycles. The van der Waals surface area contributed by atoms with Gasteiger partial charge >= 0.3 is 0 Å². The largest absolute Gasteiger partial charge is 0.313 e. The van der Waals surface area contributed by atoms with Crippen LogP contribution < -0.4 is 10.2 Å². The highest BCUT2D eigenvalue weighted by Gasteiger charge is 2.31. The number of benzene rings is 1. The van der Waals surface area contributed by atoms with E-state index in [1.54, 1.807) is 16.2 Å². The van der Waals surface area contributed by atoms with E-state index in [0.29, 0.717) is 12.5 Å². The standard InChI is InChI=1S/C20H26N4OS/c1-23-11-10-21-13-17(23)19(25)24(2)20-22-16-9-8-15(12-18(16)26-20)14-6-4-3-5-7-14/h3-7,15,17,21H,8-13H2,1-2H3. The monoisotopic (exact) mass is 370 g/mol. The molecule has 5 nitrogen and oxygen atoms in total. The summed E-state index contributed by atoms with van der Waals surface area (Å²) in [4.78, 5) is 23.0. The summed E-state index contributed by atoms with van der Waals surface area (Å²) in [6.45, 7) is 2.55. The summed E-state index contributed by atoms with van der Waals surface area (Å²) in [5.41, 5.74) is 2.60. The van der Waals surface area contributed by atoms with E-state index in [2.05, 4.69) is 40.5 Å². The predicted octanol–water partition coefficient (Wildman–Crippen LogP) is 2.28. The fourth-order valence-electron chi connectivity index (χ4n) is 3.91. The minimum absolute atomic E-state index is 0.105. The molecule has 2 heterocycles. The molecular formula is C20H26N4OS. The first kappa shape index (κ1) is 17.6. The van der Waals surface area contributed by atoms with Crippen LogP contribution in [0.1, 0.15) is 28.5 Å². The average molecular weight is 371 g/mol.